The fourth-order valence-electron chi connectivity index (χ4n) is 3.99. The molecule has 1 N–H and O–H groups in total. The van der Waals surface area contributed by atoms with Crippen molar-refractivity contribution in [2.24, 2.45) is 5.92 Å². The van der Waals surface area contributed by atoms with Crippen LogP contribution in [0.5, 0.6) is 5.75 Å². The van der Waals surface area contributed by atoms with Gasteiger partial charge in [-0.15, -0.1) is 0 Å². The molecule has 1 saturated heterocycles. The van der Waals surface area contributed by atoms with Crippen molar-refractivity contribution >= 4 is 23.1 Å². The molecule has 28 heavy (non-hydrogen) atoms. The highest BCUT2D eigenvalue weighted by Crippen LogP contribution is 2.32. The first-order valence-corrected chi connectivity index (χ1v) is 9.96. The number of aromatic nitrogens is 3. The summed E-state index contributed by atoms with van der Waals surface area (Å²) in [6.45, 7) is 4.06. The summed E-state index contributed by atoms with van der Waals surface area (Å²) >= 11 is 5.82. The van der Waals surface area contributed by atoms with E-state index in [9.17, 15) is 4.39 Å². The summed E-state index contributed by atoms with van der Waals surface area (Å²) in [6.07, 6.45) is 3.67. The van der Waals surface area contributed by atoms with Crippen molar-refractivity contribution in [3.63, 3.8) is 0 Å². The molecule has 8 heteroatoms. The maximum atomic E-state index is 14.0. The van der Waals surface area contributed by atoms with Crippen molar-refractivity contribution < 1.29 is 9.13 Å². The Morgan fingerprint density at radius 2 is 2.07 bits per heavy atom. The second kappa shape index (κ2) is 7.22. The molecule has 0 bridgehead atoms. The summed E-state index contributed by atoms with van der Waals surface area (Å²) in [6, 6.07) is 6.78. The van der Waals surface area contributed by atoms with E-state index in [-0.39, 0.29) is 10.8 Å². The Kier molecular flexibility index (Phi) is 4.56. The quantitative estimate of drug-likeness (QED) is 0.728. The fourth-order valence-corrected chi connectivity index (χ4v) is 4.16. The third-order valence-electron chi connectivity index (χ3n) is 5.43. The zero-order chi connectivity index (χ0) is 19.1. The molecule has 1 fully saturated rings. The van der Waals surface area contributed by atoms with E-state index < -0.39 is 5.82 Å². The maximum absolute atomic E-state index is 14.0. The van der Waals surface area contributed by atoms with Crippen LogP contribution in [0.2, 0.25) is 5.02 Å². The lowest BCUT2D eigenvalue weighted by atomic mass is 9.99. The lowest BCUT2D eigenvalue weighted by Gasteiger charge is -2.41. The molecule has 0 radical (unpaired) electrons. The molecule has 0 atom stereocenters. The first-order valence-electron chi connectivity index (χ1n) is 9.58. The number of hydrogen-bond donors (Lipinski definition) is 1. The van der Waals surface area contributed by atoms with Crippen LogP contribution >= 0.6 is 11.6 Å². The minimum Gasteiger partial charge on any atom is -0.490 e. The van der Waals surface area contributed by atoms with Gasteiger partial charge in [-0.1, -0.05) is 17.7 Å². The van der Waals surface area contributed by atoms with Crippen molar-refractivity contribution in [2.45, 2.75) is 12.8 Å². The van der Waals surface area contributed by atoms with Gasteiger partial charge in [-0.05, 0) is 25.1 Å². The van der Waals surface area contributed by atoms with Crippen molar-refractivity contribution in [1.29, 1.82) is 0 Å². The number of nitrogens with one attached hydrogen (secondary N) is 1. The SMILES string of the molecule is Fc1c(Cl)cccc1OCC1CN(c2c3c(nc4ccnn24)CCNCC3)C1. The maximum Gasteiger partial charge on any atom is 0.183 e. The predicted molar refractivity (Wildman–Crippen MR) is 106 cm³/mol. The zero-order valence-electron chi connectivity index (χ0n) is 15.4. The minimum atomic E-state index is -0.495. The van der Waals surface area contributed by atoms with Crippen LogP contribution in [0.4, 0.5) is 10.2 Å². The van der Waals surface area contributed by atoms with E-state index in [2.05, 4.69) is 15.3 Å². The second-order valence-electron chi connectivity index (χ2n) is 7.35. The van der Waals surface area contributed by atoms with E-state index in [1.54, 1.807) is 18.3 Å². The van der Waals surface area contributed by atoms with Gasteiger partial charge in [0.15, 0.2) is 17.2 Å². The predicted octanol–water partition coefficient (Wildman–Crippen LogP) is 2.73. The molecular weight excluding hydrogens is 381 g/mol. The Labute approximate surface area is 167 Å². The van der Waals surface area contributed by atoms with Crippen LogP contribution in [-0.2, 0) is 12.8 Å². The standard InChI is InChI=1S/C20H21ClFN5O/c21-15-2-1-3-17(19(15)22)28-12-13-10-26(11-13)20-14-4-7-23-8-5-16(14)25-18-6-9-24-27(18)20/h1-3,6,9,13,23H,4-5,7-8,10-12H2. The minimum absolute atomic E-state index is 0.0851. The number of rotatable bonds is 4. The number of halogens is 2. The summed E-state index contributed by atoms with van der Waals surface area (Å²) in [4.78, 5) is 7.13. The van der Waals surface area contributed by atoms with Gasteiger partial charge < -0.3 is 15.0 Å². The number of hydrogen-bond acceptors (Lipinski definition) is 5. The molecule has 146 valence electrons. The van der Waals surface area contributed by atoms with Gasteiger partial charge in [0.25, 0.3) is 0 Å². The molecule has 0 saturated carbocycles. The summed E-state index contributed by atoms with van der Waals surface area (Å²) in [5.41, 5.74) is 3.33. The summed E-state index contributed by atoms with van der Waals surface area (Å²) in [7, 11) is 0. The molecule has 0 aliphatic carbocycles. The summed E-state index contributed by atoms with van der Waals surface area (Å²) in [5, 5.41) is 8.03. The monoisotopic (exact) mass is 401 g/mol. The van der Waals surface area contributed by atoms with Gasteiger partial charge in [-0.25, -0.2) is 9.37 Å². The van der Waals surface area contributed by atoms with Crippen LogP contribution < -0.4 is 15.0 Å². The Morgan fingerprint density at radius 3 is 2.96 bits per heavy atom. The molecule has 0 amide bonds. The van der Waals surface area contributed by atoms with Crippen LogP contribution in [0.15, 0.2) is 30.5 Å². The molecule has 2 aliphatic rings. The molecular formula is C20H21ClFN5O. The molecule has 5 rings (SSSR count). The normalized spacial score (nSPS) is 17.3. The third-order valence-corrected chi connectivity index (χ3v) is 5.72. The Bertz CT molecular complexity index is 1020. The highest BCUT2D eigenvalue weighted by molar-refractivity contribution is 6.30. The third kappa shape index (κ3) is 3.08. The molecule has 4 heterocycles. The number of ether oxygens (including phenoxy) is 1. The Hall–Kier alpha value is -2.38. The molecule has 6 nitrogen and oxygen atoms in total. The largest absolute Gasteiger partial charge is 0.490 e. The van der Waals surface area contributed by atoms with Gasteiger partial charge in [0.2, 0.25) is 0 Å². The van der Waals surface area contributed by atoms with Gasteiger partial charge in [-0.3, -0.25) is 0 Å². The van der Waals surface area contributed by atoms with E-state index in [0.29, 0.717) is 12.5 Å². The molecule has 2 aromatic heterocycles. The smallest absolute Gasteiger partial charge is 0.183 e. The molecule has 2 aliphatic heterocycles. The molecule has 1 aromatic carbocycles. The number of nitrogens with zero attached hydrogens (tertiary/aromatic N) is 4. The second-order valence-corrected chi connectivity index (χ2v) is 7.75. The van der Waals surface area contributed by atoms with Gasteiger partial charge in [0, 0.05) is 43.6 Å². The first-order chi connectivity index (χ1) is 13.7. The van der Waals surface area contributed by atoms with Crippen LogP contribution in [0.25, 0.3) is 5.65 Å². The Morgan fingerprint density at radius 1 is 1.21 bits per heavy atom. The van der Waals surface area contributed by atoms with Crippen LogP contribution in [0.3, 0.4) is 0 Å². The van der Waals surface area contributed by atoms with Crippen LogP contribution in [-0.4, -0.2) is 47.4 Å². The van der Waals surface area contributed by atoms with Crippen molar-refractivity contribution in [1.82, 2.24) is 19.9 Å². The van der Waals surface area contributed by atoms with Gasteiger partial charge in [0.05, 0.1) is 23.5 Å². The van der Waals surface area contributed by atoms with Crippen molar-refractivity contribution in [3.05, 3.63) is 52.6 Å². The van der Waals surface area contributed by atoms with Crippen LogP contribution in [0.1, 0.15) is 11.3 Å². The molecule has 0 unspecified atom stereocenters. The van der Waals surface area contributed by atoms with E-state index in [1.807, 2.05) is 10.6 Å². The number of fused-ring (bicyclic) bond motifs is 2. The summed E-state index contributed by atoms with van der Waals surface area (Å²) < 4.78 is 21.6. The van der Waals surface area contributed by atoms with E-state index in [1.165, 1.54) is 11.6 Å². The topological polar surface area (TPSA) is 54.7 Å². The lowest BCUT2D eigenvalue weighted by molar-refractivity contribution is 0.212. The van der Waals surface area contributed by atoms with Gasteiger partial charge >= 0.3 is 0 Å². The Balaban J connectivity index is 1.33. The fraction of sp³-hybridized carbons (Fsp3) is 0.400. The average molecular weight is 402 g/mol. The average Bonchev–Trinajstić information content (AvgIpc) is 2.99. The number of anilines is 1. The zero-order valence-corrected chi connectivity index (χ0v) is 16.1. The number of benzene rings is 1. The van der Waals surface area contributed by atoms with E-state index >= 15 is 0 Å². The van der Waals surface area contributed by atoms with E-state index in [0.717, 1.165) is 56.2 Å². The first kappa shape index (κ1) is 17.7. The van der Waals surface area contributed by atoms with Crippen molar-refractivity contribution in [3.8, 4) is 5.75 Å². The molecule has 0 spiro atoms. The van der Waals surface area contributed by atoms with Gasteiger partial charge in [-0.2, -0.15) is 9.61 Å². The van der Waals surface area contributed by atoms with Crippen LogP contribution in [0, 0.1) is 11.7 Å². The van der Waals surface area contributed by atoms with Gasteiger partial charge in [0.1, 0.15) is 5.82 Å². The molecule has 3 aromatic rings. The van der Waals surface area contributed by atoms with Crippen molar-refractivity contribution in [2.75, 3.05) is 37.7 Å². The van der Waals surface area contributed by atoms with E-state index in [4.69, 9.17) is 21.3 Å². The highest BCUT2D eigenvalue weighted by Gasteiger charge is 2.32. The lowest BCUT2D eigenvalue weighted by Crippen LogP contribution is -2.50. The highest BCUT2D eigenvalue weighted by atomic mass is 35.5. The summed E-state index contributed by atoms with van der Waals surface area (Å²) in [5.74, 6) is 1.19.